The Balaban J connectivity index is 2.06. The van der Waals surface area contributed by atoms with Crippen LogP contribution in [0.15, 0.2) is 0 Å². The van der Waals surface area contributed by atoms with Gasteiger partial charge < -0.3 is 0 Å². The Morgan fingerprint density at radius 2 is 2.50 bits per heavy atom. The van der Waals surface area contributed by atoms with Crippen molar-refractivity contribution in [2.45, 2.75) is 13.3 Å². The van der Waals surface area contributed by atoms with Crippen molar-refractivity contribution in [3.05, 3.63) is 0 Å². The molecule has 1 rings (SSSR count). The number of hydrogen-bond acceptors (Lipinski definition) is 2. The first kappa shape index (κ1) is 6.43. The lowest BCUT2D eigenvalue weighted by Crippen LogP contribution is -2.19. The van der Waals surface area contributed by atoms with Gasteiger partial charge in [-0.15, -0.1) is 11.8 Å². The van der Waals surface area contributed by atoms with E-state index >= 15 is 0 Å². The van der Waals surface area contributed by atoms with Crippen LogP contribution in [0.5, 0.6) is 0 Å². The molecule has 48 valence electrons. The maximum atomic E-state index is 2.50. The van der Waals surface area contributed by atoms with Crippen LogP contribution < -0.4 is 0 Å². The fourth-order valence-corrected chi connectivity index (χ4v) is 1.98. The Bertz CT molecular complexity index is 59.5. The van der Waals surface area contributed by atoms with Gasteiger partial charge in [0, 0.05) is 18.2 Å². The van der Waals surface area contributed by atoms with Crippen molar-refractivity contribution < 1.29 is 0 Å². The van der Waals surface area contributed by atoms with Crippen LogP contribution in [0.3, 0.4) is 0 Å². The first-order chi connectivity index (χ1) is 3.93. The van der Waals surface area contributed by atoms with E-state index in [2.05, 4.69) is 11.8 Å². The first-order valence-electron chi connectivity index (χ1n) is 3.23. The van der Waals surface area contributed by atoms with Gasteiger partial charge in [0.1, 0.15) is 0 Å². The highest BCUT2D eigenvalue weighted by molar-refractivity contribution is 7.99. The van der Waals surface area contributed by atoms with Gasteiger partial charge in [-0.25, -0.2) is 0 Å². The van der Waals surface area contributed by atoms with Gasteiger partial charge in [0.25, 0.3) is 0 Å². The quantitative estimate of drug-likeness (QED) is 0.557. The lowest BCUT2D eigenvalue weighted by molar-refractivity contribution is 0.356. The molecule has 2 heteroatoms. The molecule has 0 bridgehead atoms. The summed E-state index contributed by atoms with van der Waals surface area (Å²) in [6, 6.07) is 0. The van der Waals surface area contributed by atoms with Gasteiger partial charge in [-0.2, -0.15) is 0 Å². The Morgan fingerprint density at radius 1 is 1.62 bits per heavy atom. The van der Waals surface area contributed by atoms with E-state index in [1.165, 1.54) is 31.1 Å². The first-order valence-corrected chi connectivity index (χ1v) is 4.39. The third-order valence-electron chi connectivity index (χ3n) is 1.37. The highest BCUT2D eigenvalue weighted by atomic mass is 32.2. The highest BCUT2D eigenvalue weighted by Crippen LogP contribution is 2.12. The monoisotopic (exact) mass is 131 g/mol. The van der Waals surface area contributed by atoms with Gasteiger partial charge in [-0.3, -0.25) is 4.90 Å². The fourth-order valence-electron chi connectivity index (χ4n) is 0.944. The number of hydrogen-bond donors (Lipinski definition) is 0. The molecule has 0 aliphatic carbocycles. The molecule has 0 saturated carbocycles. The minimum atomic E-state index is 1.27. The van der Waals surface area contributed by atoms with Gasteiger partial charge >= 0.3 is 0 Å². The maximum absolute atomic E-state index is 2.50. The van der Waals surface area contributed by atoms with Crippen molar-refractivity contribution in [1.82, 2.24) is 4.90 Å². The van der Waals surface area contributed by atoms with E-state index in [9.17, 15) is 0 Å². The molecule has 0 aromatic rings. The Labute approximate surface area is 55.4 Å². The van der Waals surface area contributed by atoms with Gasteiger partial charge in [0.15, 0.2) is 0 Å². The van der Waals surface area contributed by atoms with Crippen LogP contribution in [0, 0.1) is 0 Å². The molecule has 1 saturated heterocycles. The van der Waals surface area contributed by atoms with Crippen molar-refractivity contribution in [3.63, 3.8) is 0 Å². The molecule has 8 heavy (non-hydrogen) atoms. The molecule has 0 unspecified atom stereocenters. The molecule has 0 amide bonds. The van der Waals surface area contributed by atoms with E-state index in [4.69, 9.17) is 0 Å². The Morgan fingerprint density at radius 3 is 3.00 bits per heavy atom. The average Bonchev–Trinajstić information content (AvgIpc) is 2.19. The molecule has 1 aliphatic rings. The third-order valence-corrected chi connectivity index (χ3v) is 2.38. The van der Waals surface area contributed by atoms with Crippen molar-refractivity contribution in [2.24, 2.45) is 0 Å². The summed E-state index contributed by atoms with van der Waals surface area (Å²) in [4.78, 5) is 2.50. The Kier molecular flexibility index (Phi) is 2.70. The molecule has 0 aromatic carbocycles. The van der Waals surface area contributed by atoms with E-state index in [1.807, 2.05) is 11.8 Å². The smallest absolute Gasteiger partial charge is 0.0445 e. The fraction of sp³-hybridized carbons (Fsp3) is 1.00. The van der Waals surface area contributed by atoms with Crippen LogP contribution in [0.4, 0.5) is 0 Å². The van der Waals surface area contributed by atoms with Gasteiger partial charge in [-0.05, 0) is 13.0 Å². The predicted molar refractivity (Wildman–Crippen MR) is 39.2 cm³/mol. The lowest BCUT2D eigenvalue weighted by Gasteiger charge is -2.10. The van der Waals surface area contributed by atoms with Crippen molar-refractivity contribution in [3.8, 4) is 0 Å². The summed E-state index contributed by atoms with van der Waals surface area (Å²) in [6.45, 7) is 4.86. The molecule has 0 atom stereocenters. The molecular formula is C6H13NS. The molecule has 0 aromatic heterocycles. The predicted octanol–water partition coefficient (Wildman–Crippen LogP) is 1.40. The van der Waals surface area contributed by atoms with Crippen molar-refractivity contribution in [1.29, 1.82) is 0 Å². The molecule has 1 aliphatic heterocycles. The summed E-state index contributed by atoms with van der Waals surface area (Å²) in [7, 11) is 0. The van der Waals surface area contributed by atoms with Crippen LogP contribution in [0.25, 0.3) is 0 Å². The van der Waals surface area contributed by atoms with E-state index in [0.717, 1.165) is 0 Å². The van der Waals surface area contributed by atoms with Gasteiger partial charge in [-0.1, -0.05) is 6.92 Å². The SMILES string of the molecule is CCCN1CCSC1. The zero-order chi connectivity index (χ0) is 5.82. The summed E-state index contributed by atoms with van der Waals surface area (Å²) in [6.07, 6.45) is 1.31. The van der Waals surface area contributed by atoms with Crippen LogP contribution in [-0.4, -0.2) is 29.6 Å². The minimum Gasteiger partial charge on any atom is -0.293 e. The largest absolute Gasteiger partial charge is 0.293 e. The molecule has 1 fully saturated rings. The number of nitrogens with zero attached hydrogens (tertiary/aromatic N) is 1. The molecule has 1 nitrogen and oxygen atoms in total. The van der Waals surface area contributed by atoms with E-state index in [0.29, 0.717) is 0 Å². The van der Waals surface area contributed by atoms with Crippen LogP contribution >= 0.6 is 11.8 Å². The molecule has 0 N–H and O–H groups in total. The van der Waals surface area contributed by atoms with Crippen molar-refractivity contribution in [2.75, 3.05) is 24.7 Å². The average molecular weight is 131 g/mol. The van der Waals surface area contributed by atoms with Crippen LogP contribution in [0.1, 0.15) is 13.3 Å². The number of rotatable bonds is 2. The molecule has 0 radical (unpaired) electrons. The van der Waals surface area contributed by atoms with E-state index < -0.39 is 0 Å². The summed E-state index contributed by atoms with van der Waals surface area (Å²) >= 11 is 2.05. The van der Waals surface area contributed by atoms with Crippen LogP contribution in [0.2, 0.25) is 0 Å². The van der Waals surface area contributed by atoms with Gasteiger partial charge in [0.05, 0.1) is 0 Å². The highest BCUT2D eigenvalue weighted by Gasteiger charge is 2.08. The van der Waals surface area contributed by atoms with Crippen molar-refractivity contribution >= 4 is 11.8 Å². The zero-order valence-electron chi connectivity index (χ0n) is 5.39. The second kappa shape index (κ2) is 3.36. The summed E-state index contributed by atoms with van der Waals surface area (Å²) in [5, 5.41) is 0. The van der Waals surface area contributed by atoms with Crippen LogP contribution in [-0.2, 0) is 0 Å². The standard InChI is InChI=1S/C6H13NS/c1-2-3-7-4-5-8-6-7/h2-6H2,1H3. The summed E-state index contributed by atoms with van der Waals surface area (Å²) < 4.78 is 0. The summed E-state index contributed by atoms with van der Waals surface area (Å²) in [5.74, 6) is 2.62. The zero-order valence-corrected chi connectivity index (χ0v) is 6.21. The second-order valence-electron chi connectivity index (χ2n) is 2.16. The molecular weight excluding hydrogens is 118 g/mol. The van der Waals surface area contributed by atoms with E-state index in [1.54, 1.807) is 0 Å². The summed E-state index contributed by atoms with van der Waals surface area (Å²) in [5.41, 5.74) is 0. The molecule has 1 heterocycles. The third kappa shape index (κ3) is 1.67. The number of thioether (sulfide) groups is 1. The van der Waals surface area contributed by atoms with Gasteiger partial charge in [0.2, 0.25) is 0 Å². The maximum Gasteiger partial charge on any atom is 0.0445 e. The Hall–Kier alpha value is 0.310. The van der Waals surface area contributed by atoms with E-state index in [-0.39, 0.29) is 0 Å². The molecule has 0 spiro atoms. The topological polar surface area (TPSA) is 3.24 Å². The normalized spacial score (nSPS) is 22.1. The second-order valence-corrected chi connectivity index (χ2v) is 3.23. The minimum absolute atomic E-state index is 1.27. The lowest BCUT2D eigenvalue weighted by atomic mass is 10.4.